The summed E-state index contributed by atoms with van der Waals surface area (Å²) in [6.45, 7) is 16.5. The summed E-state index contributed by atoms with van der Waals surface area (Å²) in [5, 5.41) is 13.2. The topological polar surface area (TPSA) is 119 Å². The second-order valence-corrected chi connectivity index (χ2v) is 14.3. The average Bonchev–Trinajstić information content (AvgIpc) is 3.35. The SMILES string of the molecule is CC[C@H](C(=O)N[C@H](C(=O)N(C)[C@H](CN(C)CC(=O)N1C[C@H](O)C[C@H]1C(=O)OC)C(C)C)C(C)(C)C)C(C)(C)c1ccccc1. The molecule has 1 heterocycles. The van der Waals surface area contributed by atoms with Crippen molar-refractivity contribution in [2.24, 2.45) is 17.3 Å². The number of amides is 3. The Morgan fingerprint density at radius 2 is 1.66 bits per heavy atom. The second kappa shape index (κ2) is 15.3. The number of ether oxygens (including phenoxy) is 1. The van der Waals surface area contributed by atoms with Crippen LogP contribution in [0.25, 0.3) is 0 Å². The van der Waals surface area contributed by atoms with E-state index in [1.807, 2.05) is 76.8 Å². The van der Waals surface area contributed by atoms with Gasteiger partial charge in [-0.1, -0.05) is 85.7 Å². The van der Waals surface area contributed by atoms with Crippen LogP contribution in [0.5, 0.6) is 0 Å². The largest absolute Gasteiger partial charge is 0.467 e. The van der Waals surface area contributed by atoms with Crippen LogP contribution in [0.4, 0.5) is 0 Å². The van der Waals surface area contributed by atoms with Crippen molar-refractivity contribution >= 4 is 23.7 Å². The number of likely N-dealkylation sites (N-methyl/N-ethyl adjacent to an activating group) is 2. The van der Waals surface area contributed by atoms with E-state index < -0.39 is 35.0 Å². The molecule has 0 bridgehead atoms. The summed E-state index contributed by atoms with van der Waals surface area (Å²) in [6, 6.07) is 8.14. The molecule has 1 fully saturated rings. The molecule has 248 valence electrons. The monoisotopic (exact) mass is 616 g/mol. The number of aliphatic hydroxyl groups is 1. The predicted octanol–water partition coefficient (Wildman–Crippen LogP) is 3.07. The first kappa shape index (κ1) is 37.2. The highest BCUT2D eigenvalue weighted by molar-refractivity contribution is 5.90. The minimum atomic E-state index is -0.809. The van der Waals surface area contributed by atoms with Gasteiger partial charge in [-0.15, -0.1) is 0 Å². The number of carbonyl (C=O) groups excluding carboxylic acids is 4. The molecule has 1 aromatic rings. The zero-order valence-corrected chi connectivity index (χ0v) is 28.7. The van der Waals surface area contributed by atoms with Crippen molar-refractivity contribution in [3.05, 3.63) is 35.9 Å². The summed E-state index contributed by atoms with van der Waals surface area (Å²) < 4.78 is 4.83. The lowest BCUT2D eigenvalue weighted by atomic mass is 9.71. The molecule has 1 saturated heterocycles. The molecule has 2 N–H and O–H groups in total. The summed E-state index contributed by atoms with van der Waals surface area (Å²) in [5.74, 6) is -1.47. The number of aliphatic hydroxyl groups excluding tert-OH is 1. The van der Waals surface area contributed by atoms with E-state index in [-0.39, 0.29) is 55.1 Å². The summed E-state index contributed by atoms with van der Waals surface area (Å²) in [5.41, 5.74) is 0.0707. The molecule has 0 radical (unpaired) electrons. The molecule has 5 atom stereocenters. The van der Waals surface area contributed by atoms with Gasteiger partial charge in [-0.05, 0) is 30.4 Å². The number of nitrogens with zero attached hydrogens (tertiary/aromatic N) is 3. The third kappa shape index (κ3) is 9.03. The van der Waals surface area contributed by atoms with Crippen molar-refractivity contribution in [1.82, 2.24) is 20.0 Å². The van der Waals surface area contributed by atoms with Crippen molar-refractivity contribution < 1.29 is 29.0 Å². The van der Waals surface area contributed by atoms with Gasteiger partial charge in [0.1, 0.15) is 12.1 Å². The molecular formula is C34H56N4O6. The van der Waals surface area contributed by atoms with Crippen molar-refractivity contribution in [2.75, 3.05) is 40.8 Å². The van der Waals surface area contributed by atoms with E-state index in [1.165, 1.54) is 12.0 Å². The fourth-order valence-electron chi connectivity index (χ4n) is 6.29. The molecule has 1 aliphatic rings. The predicted molar refractivity (Wildman–Crippen MR) is 172 cm³/mol. The van der Waals surface area contributed by atoms with Crippen LogP contribution in [0.3, 0.4) is 0 Å². The number of esters is 1. The highest BCUT2D eigenvalue weighted by Gasteiger charge is 2.42. The van der Waals surface area contributed by atoms with Crippen LogP contribution in [0, 0.1) is 17.3 Å². The van der Waals surface area contributed by atoms with Crippen molar-refractivity contribution in [1.29, 1.82) is 0 Å². The molecule has 0 unspecified atom stereocenters. The lowest BCUT2D eigenvalue weighted by Gasteiger charge is -2.41. The van der Waals surface area contributed by atoms with E-state index in [0.717, 1.165) is 5.56 Å². The number of hydrogen-bond acceptors (Lipinski definition) is 7. The van der Waals surface area contributed by atoms with Gasteiger partial charge >= 0.3 is 5.97 Å². The minimum absolute atomic E-state index is 0.0116. The Labute approximate surface area is 264 Å². The zero-order valence-electron chi connectivity index (χ0n) is 28.7. The molecule has 0 saturated carbocycles. The molecule has 10 heteroatoms. The number of carbonyl (C=O) groups is 4. The number of β-amino-alcohol motifs (C(OH)–C–C–N with tert-alkyl or cyclic N) is 1. The Kier molecular flexibility index (Phi) is 13.0. The number of hydrogen-bond donors (Lipinski definition) is 2. The van der Waals surface area contributed by atoms with E-state index in [4.69, 9.17) is 4.74 Å². The fourth-order valence-corrected chi connectivity index (χ4v) is 6.29. The summed E-state index contributed by atoms with van der Waals surface area (Å²) in [6.07, 6.45) is -0.0157. The first-order valence-electron chi connectivity index (χ1n) is 15.7. The quantitative estimate of drug-likeness (QED) is 0.327. The first-order chi connectivity index (χ1) is 20.4. The first-order valence-corrected chi connectivity index (χ1v) is 15.7. The molecule has 1 aromatic carbocycles. The van der Waals surface area contributed by atoms with E-state index in [9.17, 15) is 24.3 Å². The highest BCUT2D eigenvalue weighted by atomic mass is 16.5. The maximum absolute atomic E-state index is 14.1. The van der Waals surface area contributed by atoms with Crippen molar-refractivity contribution in [3.8, 4) is 0 Å². The standard InChI is InChI=1S/C34H56N4O6/c1-12-25(34(7,8)23-16-14-13-15-17-23)30(41)35-29(33(4,5)6)31(42)37(10)27(22(2)3)20-36(9)21-28(40)38-19-24(39)18-26(38)32(43)44-11/h13-17,22,24-27,29,39H,12,18-21H2,1-11H3,(H,35,41)/t24-,25-,26+,27-,29-/m1/s1. The van der Waals surface area contributed by atoms with Gasteiger partial charge in [0.05, 0.1) is 19.8 Å². The molecule has 10 nitrogen and oxygen atoms in total. The van der Waals surface area contributed by atoms with Gasteiger partial charge in [0, 0.05) is 43.9 Å². The molecule has 0 aliphatic carbocycles. The fraction of sp³-hybridized carbons (Fsp3) is 0.706. The molecular weight excluding hydrogens is 560 g/mol. The van der Waals surface area contributed by atoms with Crippen LogP contribution < -0.4 is 5.32 Å². The normalized spacial score (nSPS) is 19.5. The molecule has 0 spiro atoms. The van der Waals surface area contributed by atoms with Gasteiger partial charge in [0.15, 0.2) is 0 Å². The highest BCUT2D eigenvalue weighted by Crippen LogP contribution is 2.35. The Bertz CT molecular complexity index is 1130. The number of methoxy groups -OCH3 is 1. The Morgan fingerprint density at radius 3 is 2.16 bits per heavy atom. The maximum atomic E-state index is 14.1. The summed E-state index contributed by atoms with van der Waals surface area (Å²) in [7, 11) is 4.82. The Hall–Kier alpha value is -2.98. The second-order valence-electron chi connectivity index (χ2n) is 14.3. The number of likely N-dealkylation sites (tertiary alicyclic amines) is 1. The van der Waals surface area contributed by atoms with Gasteiger partial charge < -0.3 is 25.0 Å². The molecule has 3 amide bonds. The summed E-state index contributed by atoms with van der Waals surface area (Å²) in [4.78, 5) is 58.2. The van der Waals surface area contributed by atoms with Gasteiger partial charge in [-0.2, -0.15) is 0 Å². The number of rotatable bonds is 13. The lowest BCUT2D eigenvalue weighted by Crippen LogP contribution is -2.59. The molecule has 1 aliphatic heterocycles. The van der Waals surface area contributed by atoms with Crippen LogP contribution in [-0.2, 0) is 29.3 Å². The van der Waals surface area contributed by atoms with E-state index in [1.54, 1.807) is 19.0 Å². The van der Waals surface area contributed by atoms with Gasteiger partial charge in [0.2, 0.25) is 17.7 Å². The van der Waals surface area contributed by atoms with Crippen molar-refractivity contribution in [2.45, 2.75) is 97.9 Å². The maximum Gasteiger partial charge on any atom is 0.328 e. The van der Waals surface area contributed by atoms with Crippen LogP contribution in [-0.4, -0.2) is 109 Å². The van der Waals surface area contributed by atoms with Gasteiger partial charge in [-0.25, -0.2) is 4.79 Å². The third-order valence-electron chi connectivity index (χ3n) is 9.10. The van der Waals surface area contributed by atoms with E-state index in [2.05, 4.69) is 19.2 Å². The van der Waals surface area contributed by atoms with Gasteiger partial charge in [0.25, 0.3) is 0 Å². The van der Waals surface area contributed by atoms with E-state index >= 15 is 0 Å². The Balaban J connectivity index is 2.21. The molecule has 44 heavy (non-hydrogen) atoms. The smallest absolute Gasteiger partial charge is 0.328 e. The van der Waals surface area contributed by atoms with Crippen LogP contribution in [0.1, 0.15) is 73.8 Å². The van der Waals surface area contributed by atoms with Crippen LogP contribution in [0.2, 0.25) is 0 Å². The summed E-state index contributed by atoms with van der Waals surface area (Å²) >= 11 is 0. The van der Waals surface area contributed by atoms with Crippen LogP contribution in [0.15, 0.2) is 30.3 Å². The average molecular weight is 617 g/mol. The number of nitrogens with one attached hydrogen (secondary N) is 1. The van der Waals surface area contributed by atoms with Crippen molar-refractivity contribution in [3.63, 3.8) is 0 Å². The van der Waals surface area contributed by atoms with Gasteiger partial charge in [-0.3, -0.25) is 19.3 Å². The third-order valence-corrected chi connectivity index (χ3v) is 9.10. The Morgan fingerprint density at radius 1 is 1.07 bits per heavy atom. The molecule has 0 aromatic heterocycles. The zero-order chi connectivity index (χ0) is 33.6. The van der Waals surface area contributed by atoms with E-state index in [0.29, 0.717) is 13.0 Å². The molecule has 2 rings (SSSR count). The minimum Gasteiger partial charge on any atom is -0.467 e. The van der Waals surface area contributed by atoms with Crippen LogP contribution >= 0.6 is 0 Å². The lowest BCUT2D eigenvalue weighted by molar-refractivity contribution is -0.151. The number of benzene rings is 1.